The summed E-state index contributed by atoms with van der Waals surface area (Å²) in [6.45, 7) is 2.11. The summed E-state index contributed by atoms with van der Waals surface area (Å²) in [5.74, 6) is 0.837. The molecule has 0 atom stereocenters. The highest BCUT2D eigenvalue weighted by atomic mass is 16.5. The lowest BCUT2D eigenvalue weighted by molar-refractivity contribution is 0.415. The van der Waals surface area contributed by atoms with Crippen molar-refractivity contribution >= 4 is 5.69 Å². The summed E-state index contributed by atoms with van der Waals surface area (Å²) in [6, 6.07) is 26.3. The summed E-state index contributed by atoms with van der Waals surface area (Å²) in [5, 5.41) is 0. The summed E-state index contributed by atoms with van der Waals surface area (Å²) in [6.07, 6.45) is 0. The Morgan fingerprint density at radius 1 is 0.682 bits per heavy atom. The number of nitrogen functional groups attached to an aromatic ring is 1. The summed E-state index contributed by atoms with van der Waals surface area (Å²) in [4.78, 5) is 0. The topological polar surface area (TPSA) is 35.2 Å². The van der Waals surface area contributed by atoms with Gasteiger partial charge in [-0.2, -0.15) is 0 Å². The van der Waals surface area contributed by atoms with Gasteiger partial charge in [-0.3, -0.25) is 0 Å². The van der Waals surface area contributed by atoms with Crippen LogP contribution in [-0.4, -0.2) is 7.11 Å². The first-order chi connectivity index (χ1) is 10.7. The second-order valence-corrected chi connectivity index (χ2v) is 5.01. The van der Waals surface area contributed by atoms with Crippen LogP contribution in [0.25, 0.3) is 11.1 Å². The largest absolute Gasteiger partial charge is 0.497 e. The Labute approximate surface area is 132 Å². The van der Waals surface area contributed by atoms with E-state index in [-0.39, 0.29) is 0 Å². The number of anilines is 1. The van der Waals surface area contributed by atoms with E-state index in [1.54, 1.807) is 19.2 Å². The van der Waals surface area contributed by atoms with Crippen molar-refractivity contribution in [2.24, 2.45) is 0 Å². The van der Waals surface area contributed by atoms with Crippen molar-refractivity contribution in [3.63, 3.8) is 0 Å². The lowest BCUT2D eigenvalue weighted by Gasteiger charge is -2.00. The number of methoxy groups -OCH3 is 1. The number of rotatable bonds is 2. The van der Waals surface area contributed by atoms with Gasteiger partial charge >= 0.3 is 0 Å². The van der Waals surface area contributed by atoms with Crippen molar-refractivity contribution in [1.29, 1.82) is 0 Å². The molecule has 3 aromatic carbocycles. The minimum Gasteiger partial charge on any atom is -0.497 e. The zero-order valence-electron chi connectivity index (χ0n) is 13.0. The molecule has 2 heteroatoms. The highest BCUT2D eigenvalue weighted by Crippen LogP contribution is 2.18. The number of benzene rings is 3. The molecule has 2 nitrogen and oxygen atoms in total. The quantitative estimate of drug-likeness (QED) is 0.679. The first-order valence-electron chi connectivity index (χ1n) is 7.20. The molecule has 0 aromatic heterocycles. The Balaban J connectivity index is 0.000000172. The molecule has 0 heterocycles. The normalized spacial score (nSPS) is 9.55. The predicted octanol–water partition coefficient (Wildman–Crippen LogP) is 4.94. The molecular formula is C20H21NO. The van der Waals surface area contributed by atoms with Crippen LogP contribution in [0, 0.1) is 6.92 Å². The van der Waals surface area contributed by atoms with Gasteiger partial charge < -0.3 is 10.5 Å². The van der Waals surface area contributed by atoms with Gasteiger partial charge in [0.15, 0.2) is 0 Å². The third-order valence-corrected chi connectivity index (χ3v) is 3.27. The zero-order chi connectivity index (χ0) is 15.8. The highest BCUT2D eigenvalue weighted by Gasteiger charge is 1.93. The van der Waals surface area contributed by atoms with Crippen LogP contribution in [0.4, 0.5) is 5.69 Å². The molecule has 0 fully saturated rings. The molecule has 0 unspecified atom stereocenters. The molecule has 112 valence electrons. The SMILES string of the molecule is COc1ccc(N)cc1.Cc1ccc(-c2ccccc2)cc1. The van der Waals surface area contributed by atoms with Crippen molar-refractivity contribution in [1.82, 2.24) is 0 Å². The zero-order valence-corrected chi connectivity index (χ0v) is 13.0. The second-order valence-electron chi connectivity index (χ2n) is 5.01. The molecule has 0 saturated carbocycles. The predicted molar refractivity (Wildman–Crippen MR) is 94.0 cm³/mol. The Bertz CT molecular complexity index is 673. The minimum atomic E-state index is 0.760. The Kier molecular flexibility index (Phi) is 5.61. The maximum Gasteiger partial charge on any atom is 0.119 e. The van der Waals surface area contributed by atoms with Gasteiger partial charge in [0.2, 0.25) is 0 Å². The highest BCUT2D eigenvalue weighted by molar-refractivity contribution is 5.63. The van der Waals surface area contributed by atoms with Crippen molar-refractivity contribution in [3.05, 3.63) is 84.4 Å². The van der Waals surface area contributed by atoms with E-state index in [1.165, 1.54) is 16.7 Å². The third-order valence-electron chi connectivity index (χ3n) is 3.27. The molecule has 0 aliphatic carbocycles. The number of nitrogens with two attached hydrogens (primary N) is 1. The van der Waals surface area contributed by atoms with Gasteiger partial charge in [-0.25, -0.2) is 0 Å². The van der Waals surface area contributed by atoms with Crippen LogP contribution in [0.1, 0.15) is 5.56 Å². The van der Waals surface area contributed by atoms with E-state index in [9.17, 15) is 0 Å². The molecule has 0 bridgehead atoms. The Hall–Kier alpha value is -2.74. The van der Waals surface area contributed by atoms with Crippen molar-refractivity contribution in [2.45, 2.75) is 6.92 Å². The number of hydrogen-bond acceptors (Lipinski definition) is 2. The fraction of sp³-hybridized carbons (Fsp3) is 0.100. The van der Waals surface area contributed by atoms with Gasteiger partial charge in [-0.15, -0.1) is 0 Å². The van der Waals surface area contributed by atoms with Crippen molar-refractivity contribution in [3.8, 4) is 16.9 Å². The van der Waals surface area contributed by atoms with Gasteiger partial charge in [-0.1, -0.05) is 60.2 Å². The maximum atomic E-state index is 5.43. The lowest BCUT2D eigenvalue weighted by atomic mass is 10.0. The molecule has 0 aliphatic heterocycles. The Morgan fingerprint density at radius 3 is 1.77 bits per heavy atom. The first kappa shape index (κ1) is 15.6. The van der Waals surface area contributed by atoms with E-state index in [1.807, 2.05) is 18.2 Å². The second kappa shape index (κ2) is 7.89. The third kappa shape index (κ3) is 4.67. The monoisotopic (exact) mass is 291 g/mol. The number of aryl methyl sites for hydroxylation is 1. The average Bonchev–Trinajstić information content (AvgIpc) is 2.58. The molecule has 0 saturated heterocycles. The van der Waals surface area contributed by atoms with Crippen LogP contribution in [-0.2, 0) is 0 Å². The van der Waals surface area contributed by atoms with E-state index in [4.69, 9.17) is 10.5 Å². The van der Waals surface area contributed by atoms with E-state index in [2.05, 4.69) is 55.5 Å². The smallest absolute Gasteiger partial charge is 0.119 e. The first-order valence-corrected chi connectivity index (χ1v) is 7.20. The summed E-state index contributed by atoms with van der Waals surface area (Å²) < 4.78 is 4.91. The molecule has 2 N–H and O–H groups in total. The van der Waals surface area contributed by atoms with Crippen LogP contribution in [0.15, 0.2) is 78.9 Å². The Morgan fingerprint density at radius 2 is 1.23 bits per heavy atom. The van der Waals surface area contributed by atoms with Crippen LogP contribution in [0.5, 0.6) is 5.75 Å². The van der Waals surface area contributed by atoms with E-state index in [0.717, 1.165) is 11.4 Å². The fourth-order valence-electron chi connectivity index (χ4n) is 1.98. The molecule has 0 spiro atoms. The van der Waals surface area contributed by atoms with Crippen molar-refractivity contribution < 1.29 is 4.74 Å². The summed E-state index contributed by atoms with van der Waals surface area (Å²) in [5.41, 5.74) is 10.1. The fourth-order valence-corrected chi connectivity index (χ4v) is 1.98. The van der Waals surface area contributed by atoms with Crippen LogP contribution in [0.2, 0.25) is 0 Å². The van der Waals surface area contributed by atoms with Gasteiger partial charge in [0, 0.05) is 5.69 Å². The lowest BCUT2D eigenvalue weighted by Crippen LogP contribution is -1.84. The van der Waals surface area contributed by atoms with Crippen LogP contribution < -0.4 is 10.5 Å². The van der Waals surface area contributed by atoms with E-state index in [0.29, 0.717) is 0 Å². The number of ether oxygens (including phenoxy) is 1. The number of hydrogen-bond donors (Lipinski definition) is 1. The van der Waals surface area contributed by atoms with Crippen molar-refractivity contribution in [2.75, 3.05) is 12.8 Å². The molecule has 3 aromatic rings. The summed E-state index contributed by atoms with van der Waals surface area (Å²) >= 11 is 0. The molecule has 22 heavy (non-hydrogen) atoms. The average molecular weight is 291 g/mol. The standard InChI is InChI=1S/C13H12.C7H9NO/c1-11-7-9-13(10-8-11)12-5-3-2-4-6-12;1-9-7-4-2-6(8)3-5-7/h2-10H,1H3;2-5H,8H2,1H3. The van der Waals surface area contributed by atoms with Crippen LogP contribution >= 0.6 is 0 Å². The van der Waals surface area contributed by atoms with Gasteiger partial charge in [0.1, 0.15) is 5.75 Å². The maximum absolute atomic E-state index is 5.43. The molecule has 0 amide bonds. The van der Waals surface area contributed by atoms with Gasteiger partial charge in [0.25, 0.3) is 0 Å². The van der Waals surface area contributed by atoms with E-state index >= 15 is 0 Å². The minimum absolute atomic E-state index is 0.760. The molecular weight excluding hydrogens is 270 g/mol. The molecule has 3 rings (SSSR count). The molecule has 0 aliphatic rings. The van der Waals surface area contributed by atoms with E-state index < -0.39 is 0 Å². The summed E-state index contributed by atoms with van der Waals surface area (Å²) in [7, 11) is 1.63. The van der Waals surface area contributed by atoms with Crippen LogP contribution in [0.3, 0.4) is 0 Å². The molecule has 0 radical (unpaired) electrons. The van der Waals surface area contributed by atoms with Gasteiger partial charge in [-0.05, 0) is 42.3 Å². The van der Waals surface area contributed by atoms with Gasteiger partial charge in [0.05, 0.1) is 7.11 Å².